The summed E-state index contributed by atoms with van der Waals surface area (Å²) in [6, 6.07) is 4.68. The summed E-state index contributed by atoms with van der Waals surface area (Å²) in [5.41, 5.74) is 0.247. The van der Waals surface area contributed by atoms with E-state index in [4.69, 9.17) is 0 Å². The molecule has 2 heterocycles. The van der Waals surface area contributed by atoms with Crippen LogP contribution in [0, 0.1) is 11.6 Å². The summed E-state index contributed by atoms with van der Waals surface area (Å²) in [5, 5.41) is 6.27. The van der Waals surface area contributed by atoms with Crippen LogP contribution in [-0.4, -0.2) is 21.6 Å². The van der Waals surface area contributed by atoms with E-state index in [-0.39, 0.29) is 17.2 Å². The second kappa shape index (κ2) is 7.23. The van der Waals surface area contributed by atoms with Crippen LogP contribution in [0.25, 0.3) is 10.2 Å². The van der Waals surface area contributed by atoms with Gasteiger partial charge in [0.15, 0.2) is 0 Å². The second-order valence-electron chi connectivity index (χ2n) is 5.06. The quantitative estimate of drug-likeness (QED) is 0.550. The van der Waals surface area contributed by atoms with Crippen molar-refractivity contribution >= 4 is 39.2 Å². The molecule has 0 aliphatic heterocycles. The van der Waals surface area contributed by atoms with Crippen LogP contribution in [0.5, 0.6) is 0 Å². The Morgan fingerprint density at radius 2 is 2.17 bits per heavy atom. The monoisotopic (exact) mass is 365 g/mol. The summed E-state index contributed by atoms with van der Waals surface area (Å²) in [5.74, 6) is -1.42. The minimum atomic E-state index is -0.675. The van der Waals surface area contributed by atoms with E-state index < -0.39 is 17.7 Å². The topological polar surface area (TPSA) is 54.9 Å². The first kappa shape index (κ1) is 16.8. The van der Waals surface area contributed by atoms with Crippen molar-refractivity contribution in [3.63, 3.8) is 0 Å². The van der Waals surface area contributed by atoms with E-state index in [0.29, 0.717) is 0 Å². The molecule has 0 bridgehead atoms. The summed E-state index contributed by atoms with van der Waals surface area (Å²) < 4.78 is 26.7. The standard InChI is InChI=1S/C16H13F2N3OS2/c1-9(11-3-2-10(17)6-13(11)18)21-14(22)7-24-16-12-4-5-23-15(12)19-8-20-16/h2-6,8-9H,7H2,1H3,(H,21,22)/t9-/m0/s1. The number of hydrogen-bond acceptors (Lipinski definition) is 5. The molecule has 0 fully saturated rings. The first-order valence-electron chi connectivity index (χ1n) is 7.10. The van der Waals surface area contributed by atoms with Gasteiger partial charge in [-0.3, -0.25) is 4.79 Å². The van der Waals surface area contributed by atoms with Gasteiger partial charge in [-0.2, -0.15) is 0 Å². The molecule has 0 aliphatic rings. The molecule has 124 valence electrons. The number of benzene rings is 1. The molecule has 1 aromatic carbocycles. The van der Waals surface area contributed by atoms with E-state index in [0.717, 1.165) is 21.3 Å². The average Bonchev–Trinajstić information content (AvgIpc) is 3.01. The first-order chi connectivity index (χ1) is 11.5. The van der Waals surface area contributed by atoms with Crippen LogP contribution in [0.2, 0.25) is 0 Å². The van der Waals surface area contributed by atoms with E-state index in [1.165, 1.54) is 41.6 Å². The van der Waals surface area contributed by atoms with Gasteiger partial charge in [-0.05, 0) is 24.4 Å². The van der Waals surface area contributed by atoms with Crippen molar-refractivity contribution in [3.8, 4) is 0 Å². The molecule has 8 heteroatoms. The van der Waals surface area contributed by atoms with Gasteiger partial charge in [0, 0.05) is 17.0 Å². The lowest BCUT2D eigenvalue weighted by atomic mass is 10.1. The molecule has 3 aromatic rings. The Hall–Kier alpha value is -2.06. The zero-order valence-corrected chi connectivity index (χ0v) is 14.3. The van der Waals surface area contributed by atoms with Gasteiger partial charge in [-0.25, -0.2) is 18.7 Å². The molecule has 3 rings (SSSR count). The van der Waals surface area contributed by atoms with Gasteiger partial charge in [0.05, 0.1) is 11.8 Å². The highest BCUT2D eigenvalue weighted by molar-refractivity contribution is 8.00. The van der Waals surface area contributed by atoms with E-state index >= 15 is 0 Å². The zero-order valence-electron chi connectivity index (χ0n) is 12.6. The van der Waals surface area contributed by atoms with Gasteiger partial charge < -0.3 is 5.32 Å². The first-order valence-corrected chi connectivity index (χ1v) is 8.96. The number of carbonyl (C=O) groups excluding carboxylic acids is 1. The second-order valence-corrected chi connectivity index (χ2v) is 6.92. The summed E-state index contributed by atoms with van der Waals surface area (Å²) >= 11 is 2.81. The van der Waals surface area contributed by atoms with E-state index in [2.05, 4.69) is 15.3 Å². The summed E-state index contributed by atoms with van der Waals surface area (Å²) in [4.78, 5) is 21.3. The number of hydrogen-bond donors (Lipinski definition) is 1. The number of fused-ring (bicyclic) bond motifs is 1. The van der Waals surface area contributed by atoms with Crippen LogP contribution in [-0.2, 0) is 4.79 Å². The fourth-order valence-electron chi connectivity index (χ4n) is 2.23. The normalized spacial score (nSPS) is 12.3. The molecule has 0 saturated heterocycles. The van der Waals surface area contributed by atoms with Crippen LogP contribution in [0.3, 0.4) is 0 Å². The fraction of sp³-hybridized carbons (Fsp3) is 0.188. The number of halogens is 2. The Morgan fingerprint density at radius 3 is 2.96 bits per heavy atom. The van der Waals surface area contributed by atoms with E-state index in [1.807, 2.05) is 11.4 Å². The van der Waals surface area contributed by atoms with Crippen LogP contribution in [0.1, 0.15) is 18.5 Å². The molecule has 4 nitrogen and oxygen atoms in total. The van der Waals surface area contributed by atoms with Gasteiger partial charge in [0.1, 0.15) is 27.8 Å². The maximum Gasteiger partial charge on any atom is 0.230 e. The molecular formula is C16H13F2N3OS2. The lowest BCUT2D eigenvalue weighted by molar-refractivity contribution is -0.119. The Morgan fingerprint density at radius 1 is 1.33 bits per heavy atom. The predicted molar refractivity (Wildman–Crippen MR) is 91.1 cm³/mol. The molecule has 1 N–H and O–H groups in total. The molecule has 2 aromatic heterocycles. The number of rotatable bonds is 5. The predicted octanol–water partition coefficient (Wildman–Crippen LogP) is 3.94. The lowest BCUT2D eigenvalue weighted by Crippen LogP contribution is -2.28. The molecule has 0 spiro atoms. The largest absolute Gasteiger partial charge is 0.349 e. The minimum absolute atomic E-state index is 0.148. The number of aromatic nitrogens is 2. The maximum atomic E-state index is 13.7. The molecule has 0 aliphatic carbocycles. The fourth-order valence-corrected chi connectivity index (χ4v) is 3.82. The number of carbonyl (C=O) groups is 1. The van der Waals surface area contributed by atoms with Gasteiger partial charge in [-0.1, -0.05) is 17.8 Å². The highest BCUT2D eigenvalue weighted by Crippen LogP contribution is 2.27. The van der Waals surface area contributed by atoms with Gasteiger partial charge in [0.2, 0.25) is 5.91 Å². The van der Waals surface area contributed by atoms with Crippen molar-refractivity contribution < 1.29 is 13.6 Å². The number of thioether (sulfide) groups is 1. The average molecular weight is 365 g/mol. The SMILES string of the molecule is C[C@H](NC(=O)CSc1ncnc2sccc12)c1ccc(F)cc1F. The van der Waals surface area contributed by atoms with E-state index in [1.54, 1.807) is 6.92 Å². The van der Waals surface area contributed by atoms with Gasteiger partial charge >= 0.3 is 0 Å². The highest BCUT2D eigenvalue weighted by Gasteiger charge is 2.15. The number of nitrogens with one attached hydrogen (secondary N) is 1. The van der Waals surface area contributed by atoms with Crippen molar-refractivity contribution in [1.82, 2.24) is 15.3 Å². The highest BCUT2D eigenvalue weighted by atomic mass is 32.2. The number of amides is 1. The Labute approximate surface area is 145 Å². The Balaban J connectivity index is 1.62. The third-order valence-electron chi connectivity index (χ3n) is 3.37. The van der Waals surface area contributed by atoms with Crippen molar-refractivity contribution in [1.29, 1.82) is 0 Å². The third-order valence-corrected chi connectivity index (χ3v) is 5.20. The van der Waals surface area contributed by atoms with Crippen LogP contribution < -0.4 is 5.32 Å². The van der Waals surface area contributed by atoms with Gasteiger partial charge in [0.25, 0.3) is 0 Å². The molecule has 24 heavy (non-hydrogen) atoms. The number of thiophene rings is 1. The molecule has 1 amide bonds. The van der Waals surface area contributed by atoms with Crippen molar-refractivity contribution in [2.24, 2.45) is 0 Å². The van der Waals surface area contributed by atoms with Crippen molar-refractivity contribution in [3.05, 3.63) is 53.2 Å². The smallest absolute Gasteiger partial charge is 0.230 e. The summed E-state index contributed by atoms with van der Waals surface area (Å²) in [7, 11) is 0. The number of nitrogens with zero attached hydrogens (tertiary/aromatic N) is 2. The third kappa shape index (κ3) is 3.70. The lowest BCUT2D eigenvalue weighted by Gasteiger charge is -2.15. The Bertz CT molecular complexity index is 885. The van der Waals surface area contributed by atoms with Crippen molar-refractivity contribution in [2.75, 3.05) is 5.75 Å². The molecule has 1 atom stereocenters. The minimum Gasteiger partial charge on any atom is -0.349 e. The molecule has 0 unspecified atom stereocenters. The van der Waals surface area contributed by atoms with Crippen LogP contribution >= 0.6 is 23.1 Å². The molecule has 0 saturated carbocycles. The summed E-state index contributed by atoms with van der Waals surface area (Å²) in [6.07, 6.45) is 1.47. The molecular weight excluding hydrogens is 352 g/mol. The Kier molecular flexibility index (Phi) is 5.06. The van der Waals surface area contributed by atoms with Crippen molar-refractivity contribution in [2.45, 2.75) is 18.0 Å². The van der Waals surface area contributed by atoms with Crippen LogP contribution in [0.15, 0.2) is 41.0 Å². The zero-order chi connectivity index (χ0) is 17.1. The maximum absolute atomic E-state index is 13.7. The van der Waals surface area contributed by atoms with E-state index in [9.17, 15) is 13.6 Å². The van der Waals surface area contributed by atoms with Gasteiger partial charge in [-0.15, -0.1) is 11.3 Å². The van der Waals surface area contributed by atoms with Crippen LogP contribution in [0.4, 0.5) is 8.78 Å². The summed E-state index contributed by atoms with van der Waals surface area (Å²) in [6.45, 7) is 1.65. The molecule has 0 radical (unpaired) electrons.